The molecule has 1 aromatic rings. The van der Waals surface area contributed by atoms with Gasteiger partial charge in [0.15, 0.2) is 5.76 Å². The number of rotatable bonds is 2. The van der Waals surface area contributed by atoms with Gasteiger partial charge in [-0.25, -0.2) is 0 Å². The van der Waals surface area contributed by atoms with Crippen LogP contribution in [0.4, 0.5) is 5.69 Å². The van der Waals surface area contributed by atoms with E-state index in [0.717, 1.165) is 5.69 Å². The Morgan fingerprint density at radius 3 is 2.31 bits per heavy atom. The van der Waals surface area contributed by atoms with E-state index in [1.54, 1.807) is 4.90 Å². The summed E-state index contributed by atoms with van der Waals surface area (Å²) < 4.78 is 0. The lowest BCUT2D eigenvalue weighted by molar-refractivity contribution is -0.116. The fourth-order valence-corrected chi connectivity index (χ4v) is 1.75. The van der Waals surface area contributed by atoms with Gasteiger partial charge in [0.05, 0.1) is 0 Å². The first-order chi connectivity index (χ1) is 7.59. The molecule has 3 heteroatoms. The van der Waals surface area contributed by atoms with Crippen LogP contribution < -0.4 is 4.90 Å². The number of nitrogens with zero attached hydrogens (tertiary/aromatic N) is 1. The molecule has 84 valence electrons. The number of aliphatic hydroxyl groups excluding tert-OH is 1. The first kappa shape index (κ1) is 10.7. The molecule has 0 saturated heterocycles. The lowest BCUT2D eigenvalue weighted by Gasteiger charge is -2.16. The van der Waals surface area contributed by atoms with Crippen molar-refractivity contribution in [2.45, 2.75) is 19.8 Å². The first-order valence-corrected chi connectivity index (χ1v) is 5.40. The lowest BCUT2D eigenvalue weighted by Crippen LogP contribution is -2.26. The Hall–Kier alpha value is -1.77. The average molecular weight is 217 g/mol. The fourth-order valence-electron chi connectivity index (χ4n) is 1.75. The van der Waals surface area contributed by atoms with Crippen molar-refractivity contribution in [3.05, 3.63) is 41.7 Å². The summed E-state index contributed by atoms with van der Waals surface area (Å²) in [4.78, 5) is 13.1. The summed E-state index contributed by atoms with van der Waals surface area (Å²) in [5.74, 6) is 0.0000837. The van der Waals surface area contributed by atoms with Crippen molar-refractivity contribution >= 4 is 11.6 Å². The molecule has 0 aromatic heterocycles. The normalized spacial score (nSPS) is 15.8. The molecule has 1 aliphatic heterocycles. The van der Waals surface area contributed by atoms with Crippen molar-refractivity contribution in [3.63, 3.8) is 0 Å². The van der Waals surface area contributed by atoms with Crippen molar-refractivity contribution < 1.29 is 9.90 Å². The molecular formula is C13H15NO2. The molecule has 0 aliphatic carbocycles. The van der Waals surface area contributed by atoms with E-state index in [1.807, 2.05) is 24.3 Å². The van der Waals surface area contributed by atoms with Crippen molar-refractivity contribution in [2.75, 3.05) is 11.4 Å². The maximum atomic E-state index is 11.5. The average Bonchev–Trinajstić information content (AvgIpc) is 2.60. The first-order valence-electron chi connectivity index (χ1n) is 5.40. The predicted octanol–water partition coefficient (Wildman–Crippen LogP) is 2.60. The Balaban J connectivity index is 2.21. The van der Waals surface area contributed by atoms with Crippen LogP contribution in [0.25, 0.3) is 0 Å². The van der Waals surface area contributed by atoms with Crippen molar-refractivity contribution in [3.8, 4) is 0 Å². The third-order valence-electron chi connectivity index (χ3n) is 2.80. The maximum absolute atomic E-state index is 11.5. The van der Waals surface area contributed by atoms with Gasteiger partial charge in [0.2, 0.25) is 0 Å². The van der Waals surface area contributed by atoms with Crippen LogP contribution >= 0.6 is 0 Å². The third-order valence-corrected chi connectivity index (χ3v) is 2.80. The van der Waals surface area contributed by atoms with Crippen LogP contribution in [0.15, 0.2) is 36.1 Å². The monoisotopic (exact) mass is 217 g/mol. The highest BCUT2D eigenvalue weighted by molar-refractivity contribution is 6.06. The quantitative estimate of drug-likeness (QED) is 0.827. The smallest absolute Gasteiger partial charge is 0.293 e. The maximum Gasteiger partial charge on any atom is 0.293 e. The Kier molecular flexibility index (Phi) is 2.69. The van der Waals surface area contributed by atoms with Gasteiger partial charge in [-0.1, -0.05) is 26.0 Å². The standard InChI is InChI=1S/C13H15NO2/c1-9(2)10-3-5-11(6-4-10)14-8-7-12(15)13(14)16/h3-7,9,15H,8H2,1-2H3. The van der Waals surface area contributed by atoms with Crippen molar-refractivity contribution in [1.82, 2.24) is 0 Å². The molecule has 1 aliphatic rings. The van der Waals surface area contributed by atoms with Crippen LogP contribution in [0, 0.1) is 0 Å². The number of carbonyl (C=O) groups excluding carboxylic acids is 1. The molecule has 16 heavy (non-hydrogen) atoms. The van der Waals surface area contributed by atoms with Gasteiger partial charge in [-0.2, -0.15) is 0 Å². The van der Waals surface area contributed by atoms with Crippen LogP contribution in [0.1, 0.15) is 25.3 Å². The molecule has 0 unspecified atom stereocenters. The number of hydrogen-bond acceptors (Lipinski definition) is 2. The molecular weight excluding hydrogens is 202 g/mol. The summed E-state index contributed by atoms with van der Waals surface area (Å²) in [6.07, 6.45) is 1.53. The third kappa shape index (κ3) is 1.81. The van der Waals surface area contributed by atoms with Crippen LogP contribution in [-0.4, -0.2) is 17.6 Å². The molecule has 0 bridgehead atoms. The molecule has 1 N–H and O–H groups in total. The van der Waals surface area contributed by atoms with E-state index >= 15 is 0 Å². The zero-order valence-electron chi connectivity index (χ0n) is 9.47. The molecule has 1 aromatic carbocycles. The highest BCUT2D eigenvalue weighted by atomic mass is 16.3. The summed E-state index contributed by atoms with van der Waals surface area (Å²) >= 11 is 0. The van der Waals surface area contributed by atoms with E-state index in [0.29, 0.717) is 12.5 Å². The second-order valence-electron chi connectivity index (χ2n) is 4.25. The minimum atomic E-state index is -0.322. The van der Waals surface area contributed by atoms with Crippen molar-refractivity contribution in [2.24, 2.45) is 0 Å². The van der Waals surface area contributed by atoms with Gasteiger partial charge in [-0.05, 0) is 29.7 Å². The summed E-state index contributed by atoms with van der Waals surface area (Å²) in [7, 11) is 0. The topological polar surface area (TPSA) is 40.5 Å². The van der Waals surface area contributed by atoms with Gasteiger partial charge < -0.3 is 10.0 Å². The van der Waals surface area contributed by atoms with E-state index in [2.05, 4.69) is 13.8 Å². The summed E-state index contributed by atoms with van der Waals surface area (Å²) in [5, 5.41) is 9.24. The van der Waals surface area contributed by atoms with Gasteiger partial charge in [-0.3, -0.25) is 4.79 Å². The van der Waals surface area contributed by atoms with Crippen LogP contribution in [0.5, 0.6) is 0 Å². The zero-order valence-corrected chi connectivity index (χ0v) is 9.47. The molecule has 1 heterocycles. The SMILES string of the molecule is CC(C)c1ccc(N2CC=C(O)C2=O)cc1. The second kappa shape index (κ2) is 4.00. The molecule has 0 radical (unpaired) electrons. The summed E-state index contributed by atoms with van der Waals surface area (Å²) in [6.45, 7) is 4.71. The minimum absolute atomic E-state index is 0.159. The van der Waals surface area contributed by atoms with Crippen LogP contribution in [-0.2, 0) is 4.79 Å². The highest BCUT2D eigenvalue weighted by Gasteiger charge is 2.24. The molecule has 2 rings (SSSR count). The second-order valence-corrected chi connectivity index (χ2v) is 4.25. The number of carbonyl (C=O) groups is 1. The van der Waals surface area contributed by atoms with E-state index in [9.17, 15) is 9.90 Å². The van der Waals surface area contributed by atoms with E-state index in [4.69, 9.17) is 0 Å². The Morgan fingerprint density at radius 1 is 1.25 bits per heavy atom. The van der Waals surface area contributed by atoms with Gasteiger partial charge >= 0.3 is 0 Å². The fraction of sp³-hybridized carbons (Fsp3) is 0.308. The van der Waals surface area contributed by atoms with Gasteiger partial charge in [-0.15, -0.1) is 0 Å². The van der Waals surface area contributed by atoms with E-state index in [1.165, 1.54) is 11.6 Å². The predicted molar refractivity (Wildman–Crippen MR) is 63.6 cm³/mol. The molecule has 0 atom stereocenters. The summed E-state index contributed by atoms with van der Waals surface area (Å²) in [5.41, 5.74) is 2.07. The minimum Gasteiger partial charge on any atom is -0.503 e. The lowest BCUT2D eigenvalue weighted by atomic mass is 10.0. The van der Waals surface area contributed by atoms with E-state index < -0.39 is 0 Å². The number of benzene rings is 1. The number of anilines is 1. The van der Waals surface area contributed by atoms with Crippen LogP contribution in [0.2, 0.25) is 0 Å². The Labute approximate surface area is 95.0 Å². The van der Waals surface area contributed by atoms with E-state index in [-0.39, 0.29) is 11.7 Å². The number of amides is 1. The van der Waals surface area contributed by atoms with Gasteiger partial charge in [0.25, 0.3) is 5.91 Å². The molecule has 1 amide bonds. The van der Waals surface area contributed by atoms with Crippen molar-refractivity contribution in [1.29, 1.82) is 0 Å². The highest BCUT2D eigenvalue weighted by Crippen LogP contribution is 2.23. The summed E-state index contributed by atoms with van der Waals surface area (Å²) in [6, 6.07) is 7.87. The van der Waals surface area contributed by atoms with Gasteiger partial charge in [0.1, 0.15) is 0 Å². The van der Waals surface area contributed by atoms with Crippen LogP contribution in [0.3, 0.4) is 0 Å². The zero-order chi connectivity index (χ0) is 11.7. The largest absolute Gasteiger partial charge is 0.503 e. The molecule has 0 fully saturated rings. The molecule has 0 spiro atoms. The Bertz CT molecular complexity index is 432. The Morgan fingerprint density at radius 2 is 1.88 bits per heavy atom. The molecule has 3 nitrogen and oxygen atoms in total. The number of aliphatic hydroxyl groups is 1. The van der Waals surface area contributed by atoms with Gasteiger partial charge in [0, 0.05) is 12.2 Å². The molecule has 0 saturated carbocycles. The number of hydrogen-bond donors (Lipinski definition) is 1.